The standard InChI is InChI=1S/C13H18N2O2S3/c1-14-7-5-12-2-3-13(19-12)20(16,17)15-8-4-11-6-9-18-10-11/h2-3,6,9-10,14-15H,4-5,7-8H2,1H3. The largest absolute Gasteiger partial charge is 0.319 e. The smallest absolute Gasteiger partial charge is 0.250 e. The first-order chi connectivity index (χ1) is 9.62. The summed E-state index contributed by atoms with van der Waals surface area (Å²) in [4.78, 5) is 1.08. The van der Waals surface area contributed by atoms with Gasteiger partial charge in [0.15, 0.2) is 0 Å². The highest BCUT2D eigenvalue weighted by atomic mass is 32.2. The molecule has 0 bridgehead atoms. The Balaban J connectivity index is 1.90. The van der Waals surface area contributed by atoms with Crippen molar-refractivity contribution in [2.24, 2.45) is 0 Å². The summed E-state index contributed by atoms with van der Waals surface area (Å²) in [5, 5.41) is 7.09. The molecule has 0 fully saturated rings. The van der Waals surface area contributed by atoms with Crippen LogP contribution in [0.4, 0.5) is 0 Å². The Bertz CT molecular complexity index is 618. The first-order valence-electron chi connectivity index (χ1n) is 6.36. The summed E-state index contributed by atoms with van der Waals surface area (Å²) in [6, 6.07) is 5.58. The Hall–Kier alpha value is -0.730. The van der Waals surface area contributed by atoms with E-state index in [9.17, 15) is 8.42 Å². The first kappa shape index (κ1) is 15.7. The fourth-order valence-electron chi connectivity index (χ4n) is 1.72. The van der Waals surface area contributed by atoms with Crippen LogP contribution in [0.1, 0.15) is 10.4 Å². The van der Waals surface area contributed by atoms with Gasteiger partial charge in [-0.15, -0.1) is 11.3 Å². The SMILES string of the molecule is CNCCc1ccc(S(=O)(=O)NCCc2ccsc2)s1. The number of nitrogens with one attached hydrogen (secondary N) is 2. The molecule has 0 aliphatic heterocycles. The van der Waals surface area contributed by atoms with E-state index in [1.54, 1.807) is 17.4 Å². The van der Waals surface area contributed by atoms with Crippen LogP contribution in [0.3, 0.4) is 0 Å². The van der Waals surface area contributed by atoms with E-state index in [0.717, 1.165) is 24.3 Å². The lowest BCUT2D eigenvalue weighted by Crippen LogP contribution is -2.25. The van der Waals surface area contributed by atoms with Crippen molar-refractivity contribution in [3.63, 3.8) is 0 Å². The maximum absolute atomic E-state index is 12.1. The molecule has 0 saturated heterocycles. The van der Waals surface area contributed by atoms with Crippen molar-refractivity contribution in [1.82, 2.24) is 10.0 Å². The number of hydrogen-bond donors (Lipinski definition) is 2. The van der Waals surface area contributed by atoms with Gasteiger partial charge in [0, 0.05) is 11.4 Å². The molecule has 2 aromatic heterocycles. The van der Waals surface area contributed by atoms with Crippen molar-refractivity contribution in [3.8, 4) is 0 Å². The van der Waals surface area contributed by atoms with Crippen molar-refractivity contribution in [1.29, 1.82) is 0 Å². The Morgan fingerprint density at radius 1 is 1.15 bits per heavy atom. The topological polar surface area (TPSA) is 58.2 Å². The van der Waals surface area contributed by atoms with Gasteiger partial charge in [-0.25, -0.2) is 13.1 Å². The van der Waals surface area contributed by atoms with Crippen LogP contribution >= 0.6 is 22.7 Å². The predicted molar refractivity (Wildman–Crippen MR) is 85.2 cm³/mol. The van der Waals surface area contributed by atoms with E-state index in [-0.39, 0.29) is 0 Å². The number of rotatable bonds is 8. The minimum absolute atomic E-state index is 0.397. The van der Waals surface area contributed by atoms with Gasteiger partial charge in [0.25, 0.3) is 0 Å². The van der Waals surface area contributed by atoms with Crippen molar-refractivity contribution >= 4 is 32.7 Å². The highest BCUT2D eigenvalue weighted by molar-refractivity contribution is 7.91. The molecule has 0 amide bonds. The van der Waals surface area contributed by atoms with Gasteiger partial charge in [0.1, 0.15) is 4.21 Å². The number of sulfonamides is 1. The number of likely N-dealkylation sites (N-methyl/N-ethyl adjacent to an activating group) is 1. The minimum atomic E-state index is -3.37. The van der Waals surface area contributed by atoms with Crippen molar-refractivity contribution in [2.75, 3.05) is 20.1 Å². The second kappa shape index (κ2) is 7.33. The first-order valence-corrected chi connectivity index (χ1v) is 9.60. The lowest BCUT2D eigenvalue weighted by molar-refractivity contribution is 0.584. The third kappa shape index (κ3) is 4.39. The van der Waals surface area contributed by atoms with Gasteiger partial charge in [-0.1, -0.05) is 0 Å². The normalized spacial score (nSPS) is 11.8. The minimum Gasteiger partial charge on any atom is -0.319 e. The molecule has 4 nitrogen and oxygen atoms in total. The molecule has 0 atom stereocenters. The molecular formula is C13H18N2O2S3. The van der Waals surface area contributed by atoms with E-state index in [0.29, 0.717) is 10.8 Å². The third-order valence-corrected chi connectivity index (χ3v) is 6.64. The van der Waals surface area contributed by atoms with Gasteiger partial charge in [-0.2, -0.15) is 11.3 Å². The van der Waals surface area contributed by atoms with Crippen LogP contribution in [0.15, 0.2) is 33.2 Å². The predicted octanol–water partition coefficient (Wildman–Crippen LogP) is 2.09. The summed E-state index contributed by atoms with van der Waals surface area (Å²) in [5.41, 5.74) is 1.17. The quantitative estimate of drug-likeness (QED) is 0.779. The van der Waals surface area contributed by atoms with Crippen molar-refractivity contribution < 1.29 is 8.42 Å². The summed E-state index contributed by atoms with van der Waals surface area (Å²) >= 11 is 2.96. The summed E-state index contributed by atoms with van der Waals surface area (Å²) in [7, 11) is -1.48. The molecule has 0 aliphatic rings. The Morgan fingerprint density at radius 3 is 2.70 bits per heavy atom. The summed E-state index contributed by atoms with van der Waals surface area (Å²) in [6.07, 6.45) is 1.58. The maximum atomic E-state index is 12.1. The van der Waals surface area contributed by atoms with Crippen molar-refractivity contribution in [2.45, 2.75) is 17.1 Å². The summed E-state index contributed by atoms with van der Waals surface area (Å²) in [5.74, 6) is 0. The zero-order chi connectivity index (χ0) is 14.4. The molecule has 2 rings (SSSR count). The highest BCUT2D eigenvalue weighted by Crippen LogP contribution is 2.21. The fraction of sp³-hybridized carbons (Fsp3) is 0.385. The third-order valence-electron chi connectivity index (χ3n) is 2.81. The van der Waals surface area contributed by atoms with E-state index < -0.39 is 10.0 Å². The van der Waals surface area contributed by atoms with Crippen LogP contribution in [0.5, 0.6) is 0 Å². The monoisotopic (exact) mass is 330 g/mol. The molecule has 0 aromatic carbocycles. The number of hydrogen-bond acceptors (Lipinski definition) is 5. The molecule has 0 radical (unpaired) electrons. The summed E-state index contributed by atoms with van der Waals surface area (Å²) in [6.45, 7) is 1.29. The number of thiophene rings is 2. The maximum Gasteiger partial charge on any atom is 0.250 e. The van der Waals surface area contributed by atoms with Crippen LogP contribution in [0.25, 0.3) is 0 Å². The lowest BCUT2D eigenvalue weighted by Gasteiger charge is -2.03. The van der Waals surface area contributed by atoms with Gasteiger partial charge in [-0.05, 0) is 61.0 Å². The van der Waals surface area contributed by atoms with E-state index in [1.165, 1.54) is 16.9 Å². The molecule has 0 saturated carbocycles. The van der Waals surface area contributed by atoms with Gasteiger partial charge in [0.2, 0.25) is 10.0 Å². The molecule has 110 valence electrons. The van der Waals surface area contributed by atoms with Crippen LogP contribution < -0.4 is 10.0 Å². The summed E-state index contributed by atoms with van der Waals surface area (Å²) < 4.78 is 27.3. The Kier molecular flexibility index (Phi) is 5.74. The molecule has 0 spiro atoms. The van der Waals surface area contributed by atoms with E-state index >= 15 is 0 Å². The van der Waals surface area contributed by atoms with E-state index in [1.807, 2.05) is 29.9 Å². The van der Waals surface area contributed by atoms with Gasteiger partial charge in [-0.3, -0.25) is 0 Å². The van der Waals surface area contributed by atoms with E-state index in [4.69, 9.17) is 0 Å². The average molecular weight is 330 g/mol. The Morgan fingerprint density at radius 2 is 2.00 bits per heavy atom. The highest BCUT2D eigenvalue weighted by Gasteiger charge is 2.16. The van der Waals surface area contributed by atoms with Crippen LogP contribution in [0.2, 0.25) is 0 Å². The molecule has 2 N–H and O–H groups in total. The molecule has 0 unspecified atom stereocenters. The van der Waals surface area contributed by atoms with Crippen LogP contribution in [-0.4, -0.2) is 28.6 Å². The molecule has 20 heavy (non-hydrogen) atoms. The zero-order valence-corrected chi connectivity index (χ0v) is 13.7. The van der Waals surface area contributed by atoms with Gasteiger partial charge >= 0.3 is 0 Å². The molecule has 7 heteroatoms. The average Bonchev–Trinajstić information content (AvgIpc) is 3.07. The lowest BCUT2D eigenvalue weighted by atomic mass is 10.2. The van der Waals surface area contributed by atoms with Crippen LogP contribution in [-0.2, 0) is 22.9 Å². The zero-order valence-electron chi connectivity index (χ0n) is 11.3. The molecule has 0 aliphatic carbocycles. The van der Waals surface area contributed by atoms with Gasteiger partial charge in [0.05, 0.1) is 0 Å². The Labute approximate surface area is 127 Å². The second-order valence-corrected chi connectivity index (χ2v) is 8.30. The molecular weight excluding hydrogens is 312 g/mol. The van der Waals surface area contributed by atoms with Gasteiger partial charge < -0.3 is 5.32 Å². The van der Waals surface area contributed by atoms with Crippen molar-refractivity contribution in [3.05, 3.63) is 39.4 Å². The molecule has 2 aromatic rings. The fourth-order valence-corrected chi connectivity index (χ4v) is 4.86. The molecule has 2 heterocycles. The second-order valence-electron chi connectivity index (χ2n) is 4.35. The van der Waals surface area contributed by atoms with E-state index in [2.05, 4.69) is 10.0 Å². The van der Waals surface area contributed by atoms with Crippen LogP contribution in [0, 0.1) is 0 Å².